The molecule has 0 unspecified atom stereocenters. The Bertz CT molecular complexity index is 1100. The summed E-state index contributed by atoms with van der Waals surface area (Å²) in [6.45, 7) is -0.0805. The molecule has 1 aromatic heterocycles. The second-order valence-corrected chi connectivity index (χ2v) is 6.72. The summed E-state index contributed by atoms with van der Waals surface area (Å²) in [5, 5.41) is 10.8. The van der Waals surface area contributed by atoms with E-state index in [1.165, 1.54) is 6.07 Å². The Morgan fingerprint density at radius 2 is 1.74 bits per heavy atom. The molecule has 0 atom stereocenters. The number of fused-ring (bicyclic) bond motifs is 1. The third kappa shape index (κ3) is 4.04. The number of benzene rings is 2. The van der Waals surface area contributed by atoms with Crippen LogP contribution < -0.4 is 10.9 Å². The van der Waals surface area contributed by atoms with Crippen molar-refractivity contribution < 1.29 is 23.1 Å². The monoisotopic (exact) mass is 489 g/mol. The van der Waals surface area contributed by atoms with Crippen LogP contribution in [-0.2, 0) is 6.42 Å². The number of amides is 1. The van der Waals surface area contributed by atoms with Crippen LogP contribution in [0.25, 0.3) is 16.6 Å². The first-order valence-corrected chi connectivity index (χ1v) is 8.68. The Balaban J connectivity index is 2.28. The number of carboxylic acid groups (broad SMARTS) is 1. The highest BCUT2D eigenvalue weighted by molar-refractivity contribution is 14.1. The molecule has 0 fully saturated rings. The minimum absolute atomic E-state index is 0.0247. The average molecular weight is 489 g/mol. The van der Waals surface area contributed by atoms with Crippen LogP contribution in [0.4, 0.5) is 18.0 Å². The van der Waals surface area contributed by atoms with Crippen molar-refractivity contribution >= 4 is 39.6 Å². The molecule has 6 nitrogen and oxygen atoms in total. The molecule has 0 aliphatic heterocycles. The lowest BCUT2D eigenvalue weighted by molar-refractivity contribution is 0.194. The number of nitrogens with one attached hydrogen (secondary N) is 1. The molecule has 0 spiro atoms. The van der Waals surface area contributed by atoms with Crippen LogP contribution in [0.15, 0.2) is 35.1 Å². The quantitative estimate of drug-likeness (QED) is 0.552. The van der Waals surface area contributed by atoms with Crippen molar-refractivity contribution in [1.29, 1.82) is 0 Å². The molecule has 0 aliphatic rings. The summed E-state index contributed by atoms with van der Waals surface area (Å²) in [6, 6.07) is 4.73. The molecule has 27 heavy (non-hydrogen) atoms. The van der Waals surface area contributed by atoms with Crippen LogP contribution in [0.5, 0.6) is 0 Å². The van der Waals surface area contributed by atoms with E-state index in [2.05, 4.69) is 10.3 Å². The number of nitrogens with zero attached hydrogens (tertiary/aromatic N) is 2. The predicted octanol–water partition coefficient (Wildman–Crippen LogP) is 3.22. The Morgan fingerprint density at radius 3 is 2.37 bits per heavy atom. The Morgan fingerprint density at radius 1 is 1.11 bits per heavy atom. The van der Waals surface area contributed by atoms with Crippen molar-refractivity contribution in [2.75, 3.05) is 6.54 Å². The second-order valence-electron chi connectivity index (χ2n) is 5.56. The van der Waals surface area contributed by atoms with Gasteiger partial charge in [0.2, 0.25) is 0 Å². The van der Waals surface area contributed by atoms with Gasteiger partial charge in [-0.05, 0) is 46.9 Å². The van der Waals surface area contributed by atoms with Crippen LogP contribution in [-0.4, -0.2) is 27.3 Å². The van der Waals surface area contributed by atoms with Gasteiger partial charge in [-0.2, -0.15) is 0 Å². The minimum Gasteiger partial charge on any atom is -0.465 e. The molecule has 0 bridgehead atoms. The Labute approximate surface area is 163 Å². The zero-order chi connectivity index (χ0) is 19.7. The summed E-state index contributed by atoms with van der Waals surface area (Å²) in [6.07, 6.45) is -1.29. The van der Waals surface area contributed by atoms with Crippen LogP contribution in [0, 0.1) is 21.0 Å². The van der Waals surface area contributed by atoms with E-state index in [-0.39, 0.29) is 35.4 Å². The van der Waals surface area contributed by atoms with E-state index in [1.807, 2.05) is 22.6 Å². The number of hydrogen-bond donors (Lipinski definition) is 2. The number of hydrogen-bond acceptors (Lipinski definition) is 3. The first-order chi connectivity index (χ1) is 12.8. The van der Waals surface area contributed by atoms with Crippen LogP contribution in [0.1, 0.15) is 5.82 Å². The van der Waals surface area contributed by atoms with Crippen LogP contribution in [0.3, 0.4) is 0 Å². The number of rotatable bonds is 4. The van der Waals surface area contributed by atoms with Crippen molar-refractivity contribution in [2.45, 2.75) is 6.42 Å². The normalized spacial score (nSPS) is 11.0. The summed E-state index contributed by atoms with van der Waals surface area (Å²) in [7, 11) is 0. The van der Waals surface area contributed by atoms with E-state index in [4.69, 9.17) is 5.11 Å². The second kappa shape index (κ2) is 7.55. The summed E-state index contributed by atoms with van der Waals surface area (Å²) < 4.78 is 42.4. The zero-order valence-electron chi connectivity index (χ0n) is 13.5. The smallest absolute Gasteiger partial charge is 0.404 e. The SMILES string of the molecule is O=C(O)NCCc1nc2c(I)cc(F)cc2c(=O)n1-c1cc(F)cc(F)c1. The summed E-state index contributed by atoms with van der Waals surface area (Å²) >= 11 is 1.82. The van der Waals surface area contributed by atoms with Crippen molar-refractivity contribution in [3.8, 4) is 5.69 Å². The molecule has 0 saturated carbocycles. The van der Waals surface area contributed by atoms with Gasteiger partial charge in [0.15, 0.2) is 0 Å². The van der Waals surface area contributed by atoms with Gasteiger partial charge >= 0.3 is 6.09 Å². The molecule has 2 aromatic carbocycles. The third-order valence-corrected chi connectivity index (χ3v) is 4.51. The maximum absolute atomic E-state index is 13.8. The van der Waals surface area contributed by atoms with Gasteiger partial charge in [-0.15, -0.1) is 0 Å². The fraction of sp³-hybridized carbons (Fsp3) is 0.118. The van der Waals surface area contributed by atoms with Gasteiger partial charge < -0.3 is 10.4 Å². The molecular weight excluding hydrogens is 478 g/mol. The van der Waals surface area contributed by atoms with Gasteiger partial charge in [0.1, 0.15) is 23.3 Å². The lowest BCUT2D eigenvalue weighted by atomic mass is 10.2. The van der Waals surface area contributed by atoms with E-state index < -0.39 is 29.1 Å². The number of aromatic nitrogens is 2. The van der Waals surface area contributed by atoms with Gasteiger partial charge in [-0.1, -0.05) is 0 Å². The highest BCUT2D eigenvalue weighted by Crippen LogP contribution is 2.21. The van der Waals surface area contributed by atoms with Gasteiger partial charge in [0.05, 0.1) is 16.6 Å². The molecule has 0 aliphatic carbocycles. The molecule has 3 aromatic rings. The van der Waals surface area contributed by atoms with Crippen molar-refractivity contribution in [3.05, 3.63) is 67.5 Å². The van der Waals surface area contributed by atoms with Gasteiger partial charge in [0, 0.05) is 22.6 Å². The third-order valence-electron chi connectivity index (χ3n) is 3.69. The topological polar surface area (TPSA) is 84.2 Å². The molecule has 1 heterocycles. The highest BCUT2D eigenvalue weighted by Gasteiger charge is 2.17. The van der Waals surface area contributed by atoms with E-state index >= 15 is 0 Å². The van der Waals surface area contributed by atoms with Crippen molar-refractivity contribution in [3.63, 3.8) is 0 Å². The van der Waals surface area contributed by atoms with Gasteiger partial charge in [-0.3, -0.25) is 9.36 Å². The first-order valence-electron chi connectivity index (χ1n) is 7.60. The number of halogens is 4. The van der Waals surface area contributed by atoms with E-state index in [1.54, 1.807) is 0 Å². The minimum atomic E-state index is -1.27. The van der Waals surface area contributed by atoms with Gasteiger partial charge in [-0.25, -0.2) is 22.9 Å². The van der Waals surface area contributed by atoms with Crippen LogP contribution in [0.2, 0.25) is 0 Å². The summed E-state index contributed by atoms with van der Waals surface area (Å²) in [5.74, 6) is -2.38. The molecule has 2 N–H and O–H groups in total. The standard InChI is InChI=1S/C17H11F3IN3O3/c18-8-3-9(19)5-11(4-8)24-14(1-2-22-17(26)27)23-15-12(16(24)25)6-10(20)7-13(15)21/h3-7,22H,1-2H2,(H,26,27). The van der Waals surface area contributed by atoms with E-state index in [9.17, 15) is 22.8 Å². The molecule has 10 heteroatoms. The van der Waals surface area contributed by atoms with Crippen molar-refractivity contribution in [1.82, 2.24) is 14.9 Å². The summed E-state index contributed by atoms with van der Waals surface area (Å²) in [4.78, 5) is 27.9. The van der Waals surface area contributed by atoms with E-state index in [0.717, 1.165) is 22.8 Å². The maximum atomic E-state index is 13.8. The average Bonchev–Trinajstić information content (AvgIpc) is 2.55. The zero-order valence-corrected chi connectivity index (χ0v) is 15.6. The lowest BCUT2D eigenvalue weighted by Crippen LogP contribution is -2.29. The summed E-state index contributed by atoms with van der Waals surface area (Å²) in [5.41, 5.74) is -0.621. The van der Waals surface area contributed by atoms with Crippen LogP contribution >= 0.6 is 22.6 Å². The highest BCUT2D eigenvalue weighted by atomic mass is 127. The largest absolute Gasteiger partial charge is 0.465 e. The molecule has 1 amide bonds. The van der Waals surface area contributed by atoms with E-state index in [0.29, 0.717) is 9.64 Å². The first kappa shape index (κ1) is 19.1. The molecular formula is C17H11F3IN3O3. The van der Waals surface area contributed by atoms with Gasteiger partial charge in [0.25, 0.3) is 5.56 Å². The number of carbonyl (C=O) groups is 1. The molecule has 0 radical (unpaired) electrons. The maximum Gasteiger partial charge on any atom is 0.404 e. The predicted molar refractivity (Wildman–Crippen MR) is 99.7 cm³/mol. The fourth-order valence-electron chi connectivity index (χ4n) is 2.64. The fourth-order valence-corrected chi connectivity index (χ4v) is 3.35. The Hall–Kier alpha value is -2.63. The molecule has 3 rings (SSSR count). The Kier molecular flexibility index (Phi) is 5.35. The van der Waals surface area contributed by atoms with Crippen molar-refractivity contribution in [2.24, 2.45) is 0 Å². The molecule has 0 saturated heterocycles. The molecule has 140 valence electrons. The lowest BCUT2D eigenvalue weighted by Gasteiger charge is -2.14.